The topological polar surface area (TPSA) is 84.2 Å². The molecule has 0 aromatic heterocycles. The van der Waals surface area contributed by atoms with Gasteiger partial charge in [-0.2, -0.15) is 0 Å². The van der Waals surface area contributed by atoms with Gasteiger partial charge in [0.2, 0.25) is 11.8 Å². The molecular weight excluding hydrogens is 266 g/mol. The van der Waals surface area contributed by atoms with Crippen LogP contribution in [0.2, 0.25) is 0 Å². The second-order valence-electron chi connectivity index (χ2n) is 5.00. The molecule has 2 atom stereocenters. The largest absolute Gasteiger partial charge is 0.356 e. The highest BCUT2D eigenvalue weighted by Gasteiger charge is 2.18. The van der Waals surface area contributed by atoms with Crippen molar-refractivity contribution >= 4 is 24.2 Å². The number of carbonyl (C=O) groups excluding carboxylic acids is 2. The van der Waals surface area contributed by atoms with Crippen molar-refractivity contribution in [2.24, 2.45) is 17.6 Å². The van der Waals surface area contributed by atoms with Gasteiger partial charge in [0.1, 0.15) is 0 Å². The van der Waals surface area contributed by atoms with Crippen molar-refractivity contribution in [2.75, 3.05) is 13.1 Å². The van der Waals surface area contributed by atoms with Crippen molar-refractivity contribution in [3.05, 3.63) is 0 Å². The summed E-state index contributed by atoms with van der Waals surface area (Å²) < 4.78 is 0. The molecule has 0 rings (SSSR count). The molecule has 0 aromatic carbocycles. The molecule has 0 aliphatic heterocycles. The molecule has 0 saturated heterocycles. The Kier molecular flexibility index (Phi) is 11.9. The van der Waals surface area contributed by atoms with Gasteiger partial charge in [0, 0.05) is 19.0 Å². The number of amides is 2. The minimum absolute atomic E-state index is 0. The minimum atomic E-state index is -0.444. The Labute approximate surface area is 122 Å². The van der Waals surface area contributed by atoms with Crippen molar-refractivity contribution < 1.29 is 9.59 Å². The fourth-order valence-electron chi connectivity index (χ4n) is 1.35. The molecular formula is C13H28ClN3O2. The van der Waals surface area contributed by atoms with Crippen molar-refractivity contribution in [1.82, 2.24) is 10.6 Å². The average molecular weight is 294 g/mol. The summed E-state index contributed by atoms with van der Waals surface area (Å²) in [5, 5.41) is 5.58. The summed E-state index contributed by atoms with van der Waals surface area (Å²) in [6.45, 7) is 8.80. The zero-order chi connectivity index (χ0) is 14.1. The normalized spacial score (nSPS) is 13.4. The summed E-state index contributed by atoms with van der Waals surface area (Å²) in [5.74, 6) is 0.112. The van der Waals surface area contributed by atoms with E-state index in [-0.39, 0.29) is 36.1 Å². The first-order chi connectivity index (χ1) is 8.40. The van der Waals surface area contributed by atoms with Gasteiger partial charge in [-0.1, -0.05) is 34.1 Å². The first-order valence-electron chi connectivity index (χ1n) is 6.71. The molecule has 0 radical (unpaired) electrons. The zero-order valence-corrected chi connectivity index (χ0v) is 13.2. The second-order valence-corrected chi connectivity index (χ2v) is 5.00. The molecule has 0 bridgehead atoms. The van der Waals surface area contributed by atoms with E-state index in [1.54, 1.807) is 0 Å². The molecule has 0 heterocycles. The SMILES string of the molecule is CCC(C)C(N)C(=O)NCCCNC(=O)C(C)C.Cl. The van der Waals surface area contributed by atoms with Gasteiger partial charge in [-0.05, 0) is 12.3 Å². The van der Waals surface area contributed by atoms with E-state index in [1.165, 1.54) is 0 Å². The summed E-state index contributed by atoms with van der Waals surface area (Å²) in [4.78, 5) is 22.9. The molecule has 0 fully saturated rings. The zero-order valence-electron chi connectivity index (χ0n) is 12.4. The highest BCUT2D eigenvalue weighted by molar-refractivity contribution is 5.85. The van der Waals surface area contributed by atoms with Gasteiger partial charge in [0.25, 0.3) is 0 Å². The molecule has 0 aliphatic rings. The molecule has 0 saturated carbocycles. The van der Waals surface area contributed by atoms with Crippen LogP contribution >= 0.6 is 12.4 Å². The van der Waals surface area contributed by atoms with Crippen molar-refractivity contribution in [2.45, 2.75) is 46.6 Å². The third kappa shape index (κ3) is 8.83. The monoisotopic (exact) mass is 293 g/mol. The lowest BCUT2D eigenvalue weighted by atomic mass is 9.99. The molecule has 4 N–H and O–H groups in total. The molecule has 19 heavy (non-hydrogen) atoms. The van der Waals surface area contributed by atoms with E-state index in [0.29, 0.717) is 13.1 Å². The Hall–Kier alpha value is -0.810. The summed E-state index contributed by atoms with van der Waals surface area (Å²) in [5.41, 5.74) is 5.79. The van der Waals surface area contributed by atoms with Crippen LogP contribution in [-0.4, -0.2) is 30.9 Å². The highest BCUT2D eigenvalue weighted by atomic mass is 35.5. The highest BCUT2D eigenvalue weighted by Crippen LogP contribution is 2.04. The molecule has 2 unspecified atom stereocenters. The van der Waals surface area contributed by atoms with Crippen molar-refractivity contribution in [1.29, 1.82) is 0 Å². The first kappa shape index (κ1) is 20.5. The van der Waals surface area contributed by atoms with Crippen LogP contribution in [0, 0.1) is 11.8 Å². The number of carbonyl (C=O) groups is 2. The lowest BCUT2D eigenvalue weighted by molar-refractivity contribution is -0.124. The maximum absolute atomic E-state index is 11.6. The van der Waals surface area contributed by atoms with Gasteiger partial charge in [0.15, 0.2) is 0 Å². The number of hydrogen-bond donors (Lipinski definition) is 3. The maximum atomic E-state index is 11.6. The van der Waals surface area contributed by atoms with E-state index >= 15 is 0 Å². The van der Waals surface area contributed by atoms with E-state index in [0.717, 1.165) is 12.8 Å². The maximum Gasteiger partial charge on any atom is 0.237 e. The van der Waals surface area contributed by atoms with Gasteiger partial charge in [-0.25, -0.2) is 0 Å². The average Bonchev–Trinajstić information content (AvgIpc) is 2.35. The molecule has 0 aromatic rings. The van der Waals surface area contributed by atoms with E-state index in [2.05, 4.69) is 10.6 Å². The molecule has 114 valence electrons. The fourth-order valence-corrected chi connectivity index (χ4v) is 1.35. The third-order valence-electron chi connectivity index (χ3n) is 3.04. The standard InChI is InChI=1S/C13H27N3O2.ClH/c1-5-10(4)11(14)13(18)16-8-6-7-15-12(17)9(2)3;/h9-11H,5-8,14H2,1-4H3,(H,15,17)(H,16,18);1H. The lowest BCUT2D eigenvalue weighted by Gasteiger charge is -2.17. The smallest absolute Gasteiger partial charge is 0.237 e. The summed E-state index contributed by atoms with van der Waals surface area (Å²) in [6.07, 6.45) is 1.61. The summed E-state index contributed by atoms with van der Waals surface area (Å²) in [6, 6.07) is -0.444. The Morgan fingerprint density at radius 2 is 1.53 bits per heavy atom. The van der Waals surface area contributed by atoms with Crippen LogP contribution in [-0.2, 0) is 9.59 Å². The minimum Gasteiger partial charge on any atom is -0.356 e. The lowest BCUT2D eigenvalue weighted by Crippen LogP contribution is -2.45. The Morgan fingerprint density at radius 1 is 1.05 bits per heavy atom. The van der Waals surface area contributed by atoms with E-state index < -0.39 is 6.04 Å². The van der Waals surface area contributed by atoms with E-state index in [1.807, 2.05) is 27.7 Å². The Morgan fingerprint density at radius 3 is 1.95 bits per heavy atom. The number of nitrogens with two attached hydrogens (primary N) is 1. The van der Waals surface area contributed by atoms with Crippen LogP contribution < -0.4 is 16.4 Å². The number of rotatable bonds is 8. The molecule has 0 spiro atoms. The molecule has 5 nitrogen and oxygen atoms in total. The van der Waals surface area contributed by atoms with Crippen LogP contribution in [0.4, 0.5) is 0 Å². The van der Waals surface area contributed by atoms with Gasteiger partial charge >= 0.3 is 0 Å². The Bertz CT molecular complexity index is 273. The van der Waals surface area contributed by atoms with Gasteiger partial charge in [0.05, 0.1) is 6.04 Å². The second kappa shape index (κ2) is 11.1. The summed E-state index contributed by atoms with van der Waals surface area (Å²) in [7, 11) is 0. The number of hydrogen-bond acceptors (Lipinski definition) is 3. The van der Waals surface area contributed by atoms with Crippen molar-refractivity contribution in [3.63, 3.8) is 0 Å². The fraction of sp³-hybridized carbons (Fsp3) is 0.846. The quantitative estimate of drug-likeness (QED) is 0.585. The van der Waals surface area contributed by atoms with Crippen LogP contribution in [0.1, 0.15) is 40.5 Å². The predicted octanol–water partition coefficient (Wildman–Crippen LogP) is 1.06. The van der Waals surface area contributed by atoms with E-state index in [4.69, 9.17) is 5.73 Å². The Balaban J connectivity index is 0. The van der Waals surface area contributed by atoms with Crippen LogP contribution in [0.15, 0.2) is 0 Å². The van der Waals surface area contributed by atoms with Crippen LogP contribution in [0.25, 0.3) is 0 Å². The molecule has 6 heteroatoms. The predicted molar refractivity (Wildman–Crippen MR) is 80.2 cm³/mol. The van der Waals surface area contributed by atoms with Crippen LogP contribution in [0.5, 0.6) is 0 Å². The van der Waals surface area contributed by atoms with Gasteiger partial charge < -0.3 is 16.4 Å². The van der Waals surface area contributed by atoms with Gasteiger partial charge in [-0.3, -0.25) is 9.59 Å². The van der Waals surface area contributed by atoms with Crippen molar-refractivity contribution in [3.8, 4) is 0 Å². The first-order valence-corrected chi connectivity index (χ1v) is 6.71. The van der Waals surface area contributed by atoms with Gasteiger partial charge in [-0.15, -0.1) is 12.4 Å². The third-order valence-corrected chi connectivity index (χ3v) is 3.04. The number of nitrogens with one attached hydrogen (secondary N) is 2. The summed E-state index contributed by atoms with van der Waals surface area (Å²) >= 11 is 0. The van der Waals surface area contributed by atoms with E-state index in [9.17, 15) is 9.59 Å². The number of halogens is 1. The van der Waals surface area contributed by atoms with Crippen LogP contribution in [0.3, 0.4) is 0 Å². The molecule has 2 amide bonds. The molecule has 0 aliphatic carbocycles.